The van der Waals surface area contributed by atoms with Gasteiger partial charge in [0.15, 0.2) is 10.8 Å². The Morgan fingerprint density at radius 3 is 2.62 bits per heavy atom. The summed E-state index contributed by atoms with van der Waals surface area (Å²) in [6.45, 7) is 3.38. The predicted molar refractivity (Wildman–Crippen MR) is 91.3 cm³/mol. The lowest BCUT2D eigenvalue weighted by atomic mass is 10.1. The highest BCUT2D eigenvalue weighted by molar-refractivity contribution is 7.13. The molecule has 0 aliphatic carbocycles. The molecule has 0 saturated heterocycles. The van der Waals surface area contributed by atoms with Crippen molar-refractivity contribution in [1.29, 1.82) is 0 Å². The molecule has 0 bridgehead atoms. The normalized spacial score (nSPS) is 11.1. The summed E-state index contributed by atoms with van der Waals surface area (Å²) in [6.07, 6.45) is 2.43. The number of thiazole rings is 1. The van der Waals surface area contributed by atoms with Crippen molar-refractivity contribution >= 4 is 11.3 Å². The number of rotatable bonds is 3. The average Bonchev–Trinajstić information content (AvgIpc) is 3.26. The summed E-state index contributed by atoms with van der Waals surface area (Å²) in [5.41, 5.74) is 1.76. The van der Waals surface area contributed by atoms with Crippen LogP contribution in [-0.4, -0.2) is 25.1 Å². The van der Waals surface area contributed by atoms with E-state index in [1.165, 1.54) is 36.6 Å². The molecule has 0 N–H and O–H groups in total. The smallest absolute Gasteiger partial charge is 0.287 e. The van der Waals surface area contributed by atoms with Crippen LogP contribution in [0.5, 0.6) is 0 Å². The molecule has 0 aliphatic rings. The van der Waals surface area contributed by atoms with Crippen LogP contribution in [-0.2, 0) is 0 Å². The van der Waals surface area contributed by atoms with Gasteiger partial charge in [-0.3, -0.25) is 4.98 Å². The molecule has 4 heterocycles. The van der Waals surface area contributed by atoms with Gasteiger partial charge in [-0.15, -0.1) is 11.3 Å². The van der Waals surface area contributed by atoms with Gasteiger partial charge in [-0.2, -0.15) is 4.98 Å². The average molecular weight is 371 g/mol. The Kier molecular flexibility index (Phi) is 4.00. The van der Waals surface area contributed by atoms with Crippen LogP contribution in [0.2, 0.25) is 0 Å². The van der Waals surface area contributed by atoms with E-state index in [-0.39, 0.29) is 23.0 Å². The number of halogens is 2. The molecular formula is C17H11F2N5OS. The minimum Gasteiger partial charge on any atom is -0.331 e. The number of aromatic nitrogens is 5. The van der Waals surface area contributed by atoms with Gasteiger partial charge in [0.05, 0.1) is 11.9 Å². The van der Waals surface area contributed by atoms with Crippen molar-refractivity contribution in [3.05, 3.63) is 52.9 Å². The summed E-state index contributed by atoms with van der Waals surface area (Å²) >= 11 is 1.38. The van der Waals surface area contributed by atoms with Crippen LogP contribution in [0.3, 0.4) is 0 Å². The topological polar surface area (TPSA) is 77.6 Å². The maximum absolute atomic E-state index is 14.5. The third-order valence-electron chi connectivity index (χ3n) is 3.60. The Morgan fingerprint density at radius 1 is 1.04 bits per heavy atom. The third kappa shape index (κ3) is 2.97. The lowest BCUT2D eigenvalue weighted by Crippen LogP contribution is -1.97. The van der Waals surface area contributed by atoms with Gasteiger partial charge in [-0.25, -0.2) is 18.7 Å². The van der Waals surface area contributed by atoms with Crippen molar-refractivity contribution in [1.82, 2.24) is 25.1 Å². The highest BCUT2D eigenvalue weighted by Gasteiger charge is 2.18. The minimum absolute atomic E-state index is 0.137. The number of pyridine rings is 2. The zero-order chi connectivity index (χ0) is 18.3. The molecule has 4 aromatic rings. The molecule has 4 rings (SSSR count). The van der Waals surface area contributed by atoms with Gasteiger partial charge in [0.2, 0.25) is 5.82 Å². The number of hydrogen-bond acceptors (Lipinski definition) is 7. The molecule has 26 heavy (non-hydrogen) atoms. The van der Waals surface area contributed by atoms with Gasteiger partial charge in [0, 0.05) is 28.4 Å². The molecule has 6 nitrogen and oxygen atoms in total. The molecule has 0 aliphatic heterocycles. The number of aryl methyl sites for hydroxylation is 2. The first-order chi connectivity index (χ1) is 12.5. The second-order valence-corrected chi connectivity index (χ2v) is 6.42. The van der Waals surface area contributed by atoms with E-state index >= 15 is 0 Å². The molecule has 0 amide bonds. The van der Waals surface area contributed by atoms with E-state index in [4.69, 9.17) is 4.52 Å². The van der Waals surface area contributed by atoms with Crippen LogP contribution in [0.4, 0.5) is 8.78 Å². The zero-order valence-corrected chi connectivity index (χ0v) is 14.5. The summed E-state index contributed by atoms with van der Waals surface area (Å²) in [4.78, 5) is 16.5. The Labute approximate surface area is 150 Å². The van der Waals surface area contributed by atoms with E-state index < -0.39 is 11.6 Å². The fourth-order valence-corrected chi connectivity index (χ4v) is 3.12. The van der Waals surface area contributed by atoms with Crippen LogP contribution < -0.4 is 0 Å². The van der Waals surface area contributed by atoms with Crippen LogP contribution in [0.25, 0.3) is 33.5 Å². The van der Waals surface area contributed by atoms with Crippen molar-refractivity contribution in [2.75, 3.05) is 0 Å². The van der Waals surface area contributed by atoms with Gasteiger partial charge >= 0.3 is 0 Å². The minimum atomic E-state index is -0.557. The lowest BCUT2D eigenvalue weighted by molar-refractivity contribution is 0.432. The van der Waals surface area contributed by atoms with Crippen molar-refractivity contribution in [3.63, 3.8) is 0 Å². The monoisotopic (exact) mass is 371 g/mol. The van der Waals surface area contributed by atoms with Gasteiger partial charge in [0.1, 0.15) is 11.5 Å². The summed E-state index contributed by atoms with van der Waals surface area (Å²) in [5, 5.41) is 6.36. The molecule has 0 fully saturated rings. The van der Waals surface area contributed by atoms with Gasteiger partial charge in [-0.05, 0) is 26.0 Å². The van der Waals surface area contributed by atoms with Crippen LogP contribution >= 0.6 is 11.3 Å². The molecule has 0 atom stereocenters. The Morgan fingerprint density at radius 2 is 1.88 bits per heavy atom. The van der Waals surface area contributed by atoms with E-state index in [0.29, 0.717) is 16.3 Å². The Hall–Kier alpha value is -3.07. The van der Waals surface area contributed by atoms with E-state index in [2.05, 4.69) is 25.1 Å². The van der Waals surface area contributed by atoms with Crippen molar-refractivity contribution in [3.8, 4) is 33.5 Å². The van der Waals surface area contributed by atoms with E-state index in [1.54, 1.807) is 0 Å². The highest BCUT2D eigenvalue weighted by Crippen LogP contribution is 2.29. The molecule has 0 unspecified atom stereocenters. The summed E-state index contributed by atoms with van der Waals surface area (Å²) < 4.78 is 33.2. The van der Waals surface area contributed by atoms with Gasteiger partial charge in [0.25, 0.3) is 5.89 Å². The standard InChI is InChI=1S/C17H11F2N5OS/c1-8-7-26-17(21-8)16-23-15(24-25-16)13-4-12(14(19)9(2)22-13)10-3-11(18)6-20-5-10/h3-7H,1-2H3. The zero-order valence-electron chi connectivity index (χ0n) is 13.7. The fourth-order valence-electron chi connectivity index (χ4n) is 2.41. The molecule has 4 aromatic heterocycles. The molecule has 9 heteroatoms. The first kappa shape index (κ1) is 16.4. The van der Waals surface area contributed by atoms with Crippen molar-refractivity contribution in [2.45, 2.75) is 13.8 Å². The Bertz CT molecular complexity index is 1110. The fraction of sp³-hybridized carbons (Fsp3) is 0.118. The quantitative estimate of drug-likeness (QED) is 0.537. The third-order valence-corrected chi connectivity index (χ3v) is 4.54. The van der Waals surface area contributed by atoms with E-state index in [9.17, 15) is 8.78 Å². The van der Waals surface area contributed by atoms with Crippen LogP contribution in [0, 0.1) is 25.5 Å². The highest BCUT2D eigenvalue weighted by atomic mass is 32.1. The lowest BCUT2D eigenvalue weighted by Gasteiger charge is -2.07. The maximum Gasteiger partial charge on any atom is 0.287 e. The molecule has 0 spiro atoms. The molecule has 0 aromatic carbocycles. The van der Waals surface area contributed by atoms with Gasteiger partial charge in [-0.1, -0.05) is 5.16 Å². The second kappa shape index (κ2) is 6.34. The predicted octanol–water partition coefficient (Wildman–Crippen LogP) is 4.21. The van der Waals surface area contributed by atoms with Crippen LogP contribution in [0.1, 0.15) is 11.4 Å². The SMILES string of the molecule is Cc1csc(-c2nc(-c3cc(-c4cncc(F)c4)c(F)c(C)n3)no2)n1. The van der Waals surface area contributed by atoms with Crippen molar-refractivity contribution in [2.24, 2.45) is 0 Å². The number of hydrogen-bond donors (Lipinski definition) is 0. The summed E-state index contributed by atoms with van der Waals surface area (Å²) in [5.74, 6) is -0.656. The van der Waals surface area contributed by atoms with Crippen molar-refractivity contribution < 1.29 is 13.3 Å². The summed E-state index contributed by atoms with van der Waals surface area (Å²) in [7, 11) is 0. The molecule has 0 saturated carbocycles. The largest absolute Gasteiger partial charge is 0.331 e. The van der Waals surface area contributed by atoms with Gasteiger partial charge < -0.3 is 4.52 Å². The summed E-state index contributed by atoms with van der Waals surface area (Å²) in [6, 6.07) is 2.65. The first-order valence-corrected chi connectivity index (χ1v) is 8.44. The molecule has 130 valence electrons. The Balaban J connectivity index is 1.79. The molecule has 0 radical (unpaired) electrons. The van der Waals surface area contributed by atoms with E-state index in [0.717, 1.165) is 11.9 Å². The van der Waals surface area contributed by atoms with E-state index in [1.807, 2.05) is 12.3 Å². The van der Waals surface area contributed by atoms with Crippen LogP contribution in [0.15, 0.2) is 34.4 Å². The molecular weight excluding hydrogens is 360 g/mol. The second-order valence-electron chi connectivity index (χ2n) is 5.56. The maximum atomic E-state index is 14.5. The number of nitrogens with zero attached hydrogens (tertiary/aromatic N) is 5. The first-order valence-electron chi connectivity index (χ1n) is 7.56.